The Kier molecular flexibility index (Phi) is 6.99. The minimum Gasteiger partial charge on any atom is -0.383 e. The predicted molar refractivity (Wildman–Crippen MR) is 129 cm³/mol. The topological polar surface area (TPSA) is 70.3 Å². The van der Waals surface area contributed by atoms with Gasteiger partial charge in [-0.05, 0) is 76.1 Å². The molecule has 4 rings (SSSR count). The monoisotopic (exact) mass is 418 g/mol. The second kappa shape index (κ2) is 10.1. The van der Waals surface area contributed by atoms with Crippen molar-refractivity contribution in [2.24, 2.45) is 0 Å². The lowest BCUT2D eigenvalue weighted by molar-refractivity contribution is 0.205. The highest BCUT2D eigenvalue weighted by Crippen LogP contribution is 2.35. The second-order valence-corrected chi connectivity index (χ2v) is 8.79. The van der Waals surface area contributed by atoms with E-state index >= 15 is 0 Å². The van der Waals surface area contributed by atoms with Gasteiger partial charge in [0, 0.05) is 18.5 Å². The molecule has 0 amide bonds. The van der Waals surface area contributed by atoms with E-state index < -0.39 is 0 Å². The lowest BCUT2D eigenvalue weighted by atomic mass is 9.87. The average molecular weight is 419 g/mol. The third kappa shape index (κ3) is 5.51. The van der Waals surface area contributed by atoms with Gasteiger partial charge >= 0.3 is 0 Å². The van der Waals surface area contributed by atoms with Crippen LogP contribution in [0, 0.1) is 0 Å². The molecular formula is C25H34N6. The first-order valence-corrected chi connectivity index (χ1v) is 11.3. The number of piperidine rings is 1. The summed E-state index contributed by atoms with van der Waals surface area (Å²) in [6.45, 7) is 5.09. The van der Waals surface area contributed by atoms with Crippen LogP contribution in [0.15, 0.2) is 48.5 Å². The first kappa shape index (κ1) is 21.5. The molecule has 0 saturated carbocycles. The molecule has 1 aromatic heterocycles. The fraction of sp³-hybridized carbons (Fsp3) is 0.440. The molecule has 0 radical (unpaired) electrons. The first-order valence-electron chi connectivity index (χ1n) is 11.3. The molecule has 1 aliphatic rings. The van der Waals surface area contributed by atoms with Crippen molar-refractivity contribution in [2.75, 3.05) is 51.3 Å². The molecule has 31 heavy (non-hydrogen) atoms. The molecule has 2 aromatic carbocycles. The van der Waals surface area contributed by atoms with E-state index in [0.29, 0.717) is 17.7 Å². The second-order valence-electron chi connectivity index (χ2n) is 8.79. The third-order valence-electron chi connectivity index (χ3n) is 6.13. The average Bonchev–Trinajstić information content (AvgIpc) is 2.77. The summed E-state index contributed by atoms with van der Waals surface area (Å²) in [5.74, 6) is 1.71. The van der Waals surface area contributed by atoms with Gasteiger partial charge in [-0.25, -0.2) is 4.98 Å². The molecule has 1 aliphatic heterocycles. The molecule has 0 aliphatic carbocycles. The summed E-state index contributed by atoms with van der Waals surface area (Å²) in [6.07, 6.45) is 3.31. The van der Waals surface area contributed by atoms with Gasteiger partial charge in [0.15, 0.2) is 0 Å². The molecule has 0 atom stereocenters. The number of rotatable bonds is 8. The number of benzene rings is 2. The van der Waals surface area contributed by atoms with E-state index in [1.807, 2.05) is 6.07 Å². The highest BCUT2D eigenvalue weighted by atomic mass is 15.1. The van der Waals surface area contributed by atoms with Crippen molar-refractivity contribution >= 4 is 22.7 Å². The molecule has 3 N–H and O–H groups in total. The summed E-state index contributed by atoms with van der Waals surface area (Å²) in [5.41, 5.74) is 10.1. The molecule has 3 aromatic rings. The summed E-state index contributed by atoms with van der Waals surface area (Å²) in [4.78, 5) is 14.1. The minimum absolute atomic E-state index is 0.500. The van der Waals surface area contributed by atoms with E-state index in [4.69, 9.17) is 10.7 Å². The molecule has 0 spiro atoms. The zero-order valence-electron chi connectivity index (χ0n) is 18.7. The number of fused-ring (bicyclic) bond motifs is 1. The van der Waals surface area contributed by atoms with Gasteiger partial charge in [-0.3, -0.25) is 4.90 Å². The molecular weight excluding hydrogens is 384 g/mol. The number of anilines is 2. The van der Waals surface area contributed by atoms with E-state index in [-0.39, 0.29) is 0 Å². The summed E-state index contributed by atoms with van der Waals surface area (Å²) >= 11 is 0. The number of nitrogens with one attached hydrogen (secondary N) is 1. The van der Waals surface area contributed by atoms with Crippen LogP contribution >= 0.6 is 0 Å². The SMILES string of the molecule is CN(C)CCCNc1nc(N)c2c(C3CCN(Cc4ccccc4)CC3)cccc2n1. The highest BCUT2D eigenvalue weighted by molar-refractivity contribution is 5.92. The van der Waals surface area contributed by atoms with Crippen LogP contribution in [0.5, 0.6) is 0 Å². The summed E-state index contributed by atoms with van der Waals surface area (Å²) in [6, 6.07) is 17.1. The van der Waals surface area contributed by atoms with E-state index in [1.165, 1.54) is 11.1 Å². The van der Waals surface area contributed by atoms with Gasteiger partial charge in [0.05, 0.1) is 5.52 Å². The van der Waals surface area contributed by atoms with Crippen LogP contribution in [0.1, 0.15) is 36.3 Å². The van der Waals surface area contributed by atoms with Gasteiger partial charge < -0.3 is 16.0 Å². The van der Waals surface area contributed by atoms with Crippen LogP contribution in [0.4, 0.5) is 11.8 Å². The maximum atomic E-state index is 6.44. The Morgan fingerprint density at radius 1 is 1.03 bits per heavy atom. The van der Waals surface area contributed by atoms with Gasteiger partial charge in [0.2, 0.25) is 5.95 Å². The van der Waals surface area contributed by atoms with Crippen molar-refractivity contribution in [2.45, 2.75) is 31.7 Å². The summed E-state index contributed by atoms with van der Waals surface area (Å²) < 4.78 is 0. The lowest BCUT2D eigenvalue weighted by Crippen LogP contribution is -2.32. The smallest absolute Gasteiger partial charge is 0.225 e. The Bertz CT molecular complexity index is 980. The number of hydrogen-bond acceptors (Lipinski definition) is 6. The number of aromatic nitrogens is 2. The third-order valence-corrected chi connectivity index (χ3v) is 6.13. The lowest BCUT2D eigenvalue weighted by Gasteiger charge is -2.32. The Balaban J connectivity index is 1.43. The van der Waals surface area contributed by atoms with Crippen molar-refractivity contribution in [3.8, 4) is 0 Å². The molecule has 0 bridgehead atoms. The standard InChI is InChI=1S/C25H34N6/c1-30(2)15-7-14-27-25-28-22-11-6-10-21(23(22)24(26)29-25)20-12-16-31(17-13-20)18-19-8-4-3-5-9-19/h3-6,8-11,20H,7,12-18H2,1-2H3,(H3,26,27,28,29). The Hall–Kier alpha value is -2.70. The maximum absolute atomic E-state index is 6.44. The van der Waals surface area contributed by atoms with E-state index in [1.54, 1.807) is 0 Å². The summed E-state index contributed by atoms with van der Waals surface area (Å²) in [7, 11) is 4.16. The van der Waals surface area contributed by atoms with Crippen molar-refractivity contribution < 1.29 is 0 Å². The van der Waals surface area contributed by atoms with Gasteiger partial charge in [0.25, 0.3) is 0 Å². The zero-order valence-corrected chi connectivity index (χ0v) is 18.7. The number of nitrogens with zero attached hydrogens (tertiary/aromatic N) is 4. The molecule has 164 valence electrons. The van der Waals surface area contributed by atoms with Crippen molar-refractivity contribution in [3.05, 3.63) is 59.7 Å². The molecule has 0 unspecified atom stereocenters. The number of likely N-dealkylation sites (tertiary alicyclic amines) is 1. The van der Waals surface area contributed by atoms with Crippen LogP contribution < -0.4 is 11.1 Å². The van der Waals surface area contributed by atoms with Crippen LogP contribution in [-0.2, 0) is 6.54 Å². The van der Waals surface area contributed by atoms with Gasteiger partial charge in [-0.2, -0.15) is 4.98 Å². The van der Waals surface area contributed by atoms with Crippen molar-refractivity contribution in [3.63, 3.8) is 0 Å². The highest BCUT2D eigenvalue weighted by Gasteiger charge is 2.23. The normalized spacial score (nSPS) is 15.6. The number of nitrogens with two attached hydrogens (primary N) is 1. The van der Waals surface area contributed by atoms with Crippen molar-refractivity contribution in [1.82, 2.24) is 19.8 Å². The van der Waals surface area contributed by atoms with E-state index in [2.05, 4.69) is 76.7 Å². The van der Waals surface area contributed by atoms with Gasteiger partial charge in [-0.15, -0.1) is 0 Å². The van der Waals surface area contributed by atoms with E-state index in [0.717, 1.165) is 62.9 Å². The van der Waals surface area contributed by atoms with Crippen LogP contribution in [-0.4, -0.2) is 60.0 Å². The Morgan fingerprint density at radius 2 is 1.81 bits per heavy atom. The number of hydrogen-bond donors (Lipinski definition) is 2. The van der Waals surface area contributed by atoms with Gasteiger partial charge in [0.1, 0.15) is 5.82 Å². The fourth-order valence-electron chi connectivity index (χ4n) is 4.50. The largest absolute Gasteiger partial charge is 0.383 e. The van der Waals surface area contributed by atoms with Crippen LogP contribution in [0.2, 0.25) is 0 Å². The number of nitrogen functional groups attached to an aromatic ring is 1. The summed E-state index contributed by atoms with van der Waals surface area (Å²) in [5, 5.41) is 4.36. The fourth-order valence-corrected chi connectivity index (χ4v) is 4.50. The zero-order chi connectivity index (χ0) is 21.6. The maximum Gasteiger partial charge on any atom is 0.225 e. The van der Waals surface area contributed by atoms with Crippen LogP contribution in [0.3, 0.4) is 0 Å². The van der Waals surface area contributed by atoms with E-state index in [9.17, 15) is 0 Å². The Morgan fingerprint density at radius 3 is 2.55 bits per heavy atom. The first-order chi connectivity index (χ1) is 15.1. The molecule has 6 nitrogen and oxygen atoms in total. The molecule has 2 heterocycles. The molecule has 1 fully saturated rings. The van der Waals surface area contributed by atoms with Gasteiger partial charge in [-0.1, -0.05) is 42.5 Å². The predicted octanol–water partition coefficient (Wildman–Crippen LogP) is 3.96. The Labute approximate surface area is 185 Å². The minimum atomic E-state index is 0.500. The van der Waals surface area contributed by atoms with Crippen LogP contribution in [0.25, 0.3) is 10.9 Å². The quantitative estimate of drug-likeness (QED) is 0.540. The van der Waals surface area contributed by atoms with Crippen molar-refractivity contribution in [1.29, 1.82) is 0 Å². The molecule has 6 heteroatoms. The molecule has 1 saturated heterocycles.